The van der Waals surface area contributed by atoms with Crippen LogP contribution in [0.4, 0.5) is 5.69 Å². The Morgan fingerprint density at radius 3 is 2.04 bits per heavy atom. The summed E-state index contributed by atoms with van der Waals surface area (Å²) < 4.78 is 5.71. The first-order chi connectivity index (χ1) is 10.5. The van der Waals surface area contributed by atoms with Crippen LogP contribution in [-0.4, -0.2) is 47.5 Å². The highest BCUT2D eigenvalue weighted by Crippen LogP contribution is 2.38. The van der Waals surface area contributed by atoms with E-state index < -0.39 is 11.1 Å². The van der Waals surface area contributed by atoms with Crippen molar-refractivity contribution in [2.45, 2.75) is 57.7 Å². The number of carbonyl (C=O) groups is 1. The van der Waals surface area contributed by atoms with Crippen molar-refractivity contribution >= 4 is 11.7 Å². The van der Waals surface area contributed by atoms with E-state index in [-0.39, 0.29) is 12.1 Å². The molecule has 1 aromatic carbocycles. The fourth-order valence-electron chi connectivity index (χ4n) is 3.38. The van der Waals surface area contributed by atoms with E-state index in [1.54, 1.807) is 12.1 Å². The average Bonchev–Trinajstić information content (AvgIpc) is 2.44. The van der Waals surface area contributed by atoms with E-state index in [9.17, 15) is 10.0 Å². The smallest absolute Gasteiger partial charge is 0.338 e. The summed E-state index contributed by atoms with van der Waals surface area (Å²) in [5.41, 5.74) is 0.734. The van der Waals surface area contributed by atoms with Gasteiger partial charge in [0, 0.05) is 43.7 Å². The zero-order valence-corrected chi connectivity index (χ0v) is 15.0. The third-order valence-electron chi connectivity index (χ3n) is 4.49. The second kappa shape index (κ2) is 6.13. The fourth-order valence-corrected chi connectivity index (χ4v) is 3.38. The van der Waals surface area contributed by atoms with Gasteiger partial charge in [0.2, 0.25) is 0 Å². The highest BCUT2D eigenvalue weighted by molar-refractivity contribution is 5.90. The zero-order chi connectivity index (χ0) is 17.4. The summed E-state index contributed by atoms with van der Waals surface area (Å²) in [7, 11) is 3.92. The van der Waals surface area contributed by atoms with Crippen LogP contribution in [0, 0.1) is 0 Å². The maximum atomic E-state index is 12.4. The molecule has 1 aromatic rings. The molecule has 0 radical (unpaired) electrons. The number of esters is 1. The summed E-state index contributed by atoms with van der Waals surface area (Å²) in [4.78, 5) is 14.4. The van der Waals surface area contributed by atoms with Gasteiger partial charge in [-0.1, -0.05) is 0 Å². The second-order valence-electron chi connectivity index (χ2n) is 7.81. The molecular formula is C18H28N2O3. The molecule has 0 aliphatic carbocycles. The Bertz CT molecular complexity index is 546. The third kappa shape index (κ3) is 3.85. The topological polar surface area (TPSA) is 53.0 Å². The molecule has 1 saturated heterocycles. The van der Waals surface area contributed by atoms with Crippen molar-refractivity contribution in [1.29, 1.82) is 0 Å². The van der Waals surface area contributed by atoms with Crippen LogP contribution in [0.25, 0.3) is 0 Å². The van der Waals surface area contributed by atoms with Crippen LogP contribution < -0.4 is 4.90 Å². The van der Waals surface area contributed by atoms with Crippen LogP contribution in [0.3, 0.4) is 0 Å². The molecule has 128 valence electrons. The van der Waals surface area contributed by atoms with E-state index >= 15 is 0 Å². The number of hydroxylamine groups is 2. The summed E-state index contributed by atoms with van der Waals surface area (Å²) in [6.07, 6.45) is 1.01. The zero-order valence-electron chi connectivity index (χ0n) is 15.0. The van der Waals surface area contributed by atoms with Crippen molar-refractivity contribution in [2.24, 2.45) is 0 Å². The quantitative estimate of drug-likeness (QED) is 0.866. The Kier molecular flexibility index (Phi) is 4.74. The Morgan fingerprint density at radius 2 is 1.61 bits per heavy atom. The minimum absolute atomic E-state index is 0.204. The first kappa shape index (κ1) is 17.8. The summed E-state index contributed by atoms with van der Waals surface area (Å²) in [6, 6.07) is 7.38. The summed E-state index contributed by atoms with van der Waals surface area (Å²) in [5.74, 6) is -0.307. The minimum atomic E-state index is -0.429. The highest BCUT2D eigenvalue weighted by atomic mass is 16.5. The molecule has 1 N–H and O–H groups in total. The molecule has 1 aliphatic heterocycles. The number of hydrogen-bond acceptors (Lipinski definition) is 5. The average molecular weight is 320 g/mol. The molecule has 0 spiro atoms. The Hall–Kier alpha value is -1.59. The first-order valence-electron chi connectivity index (χ1n) is 8.00. The maximum absolute atomic E-state index is 12.4. The number of benzene rings is 1. The van der Waals surface area contributed by atoms with E-state index in [1.165, 1.54) is 5.06 Å². The number of nitrogens with zero attached hydrogens (tertiary/aromatic N) is 2. The molecule has 1 aliphatic rings. The standard InChI is InChI=1S/C18H28N2O3/c1-17(2)11-15(12-18(3,4)20(17)22)23-16(21)13-7-9-14(10-8-13)19(5)6/h7-10,15,22H,11-12H2,1-6H3. The first-order valence-corrected chi connectivity index (χ1v) is 8.00. The van der Waals surface area contributed by atoms with Crippen LogP contribution in [0.5, 0.6) is 0 Å². The lowest BCUT2D eigenvalue weighted by atomic mass is 9.80. The number of rotatable bonds is 3. The molecule has 0 amide bonds. The molecule has 5 nitrogen and oxygen atoms in total. The van der Waals surface area contributed by atoms with E-state index in [0.29, 0.717) is 18.4 Å². The van der Waals surface area contributed by atoms with Gasteiger partial charge in [-0.3, -0.25) is 0 Å². The molecule has 1 heterocycles. The van der Waals surface area contributed by atoms with Crippen molar-refractivity contribution < 1.29 is 14.7 Å². The van der Waals surface area contributed by atoms with E-state index in [0.717, 1.165) is 5.69 Å². The van der Waals surface area contributed by atoms with Gasteiger partial charge in [-0.15, -0.1) is 0 Å². The van der Waals surface area contributed by atoms with Crippen LogP contribution in [-0.2, 0) is 4.74 Å². The van der Waals surface area contributed by atoms with Crippen LogP contribution in [0.2, 0.25) is 0 Å². The largest absolute Gasteiger partial charge is 0.459 e. The lowest BCUT2D eigenvalue weighted by Gasteiger charge is -2.50. The minimum Gasteiger partial charge on any atom is -0.459 e. The SMILES string of the molecule is CN(C)c1ccc(C(=O)OC2CC(C)(C)N(O)C(C)(C)C2)cc1. The van der Waals surface area contributed by atoms with Gasteiger partial charge >= 0.3 is 5.97 Å². The van der Waals surface area contributed by atoms with Crippen molar-refractivity contribution in [1.82, 2.24) is 5.06 Å². The molecule has 5 heteroatoms. The van der Waals surface area contributed by atoms with Crippen LogP contribution in [0.1, 0.15) is 50.9 Å². The molecule has 1 fully saturated rings. The molecule has 0 unspecified atom stereocenters. The Morgan fingerprint density at radius 1 is 1.13 bits per heavy atom. The van der Waals surface area contributed by atoms with Gasteiger partial charge in [0.15, 0.2) is 0 Å². The van der Waals surface area contributed by atoms with Gasteiger partial charge in [-0.2, -0.15) is 5.06 Å². The molecule has 2 rings (SSSR count). The van der Waals surface area contributed by atoms with E-state index in [1.807, 2.05) is 58.8 Å². The Balaban J connectivity index is 2.08. The monoisotopic (exact) mass is 320 g/mol. The lowest BCUT2D eigenvalue weighted by molar-refractivity contribution is -0.256. The number of hydrogen-bond donors (Lipinski definition) is 1. The predicted octanol–water partition coefficient (Wildman–Crippen LogP) is 3.32. The molecule has 0 bridgehead atoms. The van der Waals surface area contributed by atoms with E-state index in [2.05, 4.69) is 0 Å². The van der Waals surface area contributed by atoms with Gasteiger partial charge in [-0.25, -0.2) is 4.79 Å². The Labute approximate surface area is 138 Å². The molecule has 0 atom stereocenters. The third-order valence-corrected chi connectivity index (χ3v) is 4.49. The fraction of sp³-hybridized carbons (Fsp3) is 0.611. The number of carbonyl (C=O) groups excluding carboxylic acids is 1. The number of anilines is 1. The summed E-state index contributed by atoms with van der Waals surface area (Å²) in [5, 5.41) is 11.7. The van der Waals surface area contributed by atoms with Crippen molar-refractivity contribution in [2.75, 3.05) is 19.0 Å². The molecule has 23 heavy (non-hydrogen) atoms. The summed E-state index contributed by atoms with van der Waals surface area (Å²) in [6.45, 7) is 7.84. The van der Waals surface area contributed by atoms with Crippen LogP contribution in [0.15, 0.2) is 24.3 Å². The van der Waals surface area contributed by atoms with Crippen molar-refractivity contribution in [3.8, 4) is 0 Å². The number of piperidine rings is 1. The maximum Gasteiger partial charge on any atom is 0.338 e. The highest BCUT2D eigenvalue weighted by Gasteiger charge is 2.46. The second-order valence-corrected chi connectivity index (χ2v) is 7.81. The van der Waals surface area contributed by atoms with Crippen LogP contribution >= 0.6 is 0 Å². The molecular weight excluding hydrogens is 292 g/mol. The van der Waals surface area contributed by atoms with Gasteiger partial charge in [0.05, 0.1) is 5.56 Å². The van der Waals surface area contributed by atoms with Gasteiger partial charge in [-0.05, 0) is 52.0 Å². The normalized spacial score (nSPS) is 21.0. The predicted molar refractivity (Wildman–Crippen MR) is 91.0 cm³/mol. The molecule has 0 saturated carbocycles. The van der Waals surface area contributed by atoms with Gasteiger partial charge in [0.25, 0.3) is 0 Å². The number of ether oxygens (including phenoxy) is 1. The summed E-state index contributed by atoms with van der Waals surface area (Å²) >= 11 is 0. The van der Waals surface area contributed by atoms with Gasteiger partial charge < -0.3 is 14.8 Å². The van der Waals surface area contributed by atoms with Crippen molar-refractivity contribution in [3.05, 3.63) is 29.8 Å². The molecule has 0 aromatic heterocycles. The van der Waals surface area contributed by atoms with Gasteiger partial charge in [0.1, 0.15) is 6.10 Å². The van der Waals surface area contributed by atoms with E-state index in [4.69, 9.17) is 4.74 Å². The lowest BCUT2D eigenvalue weighted by Crippen LogP contribution is -2.60. The van der Waals surface area contributed by atoms with Crippen molar-refractivity contribution in [3.63, 3.8) is 0 Å².